The van der Waals surface area contributed by atoms with E-state index >= 15 is 0 Å². The maximum Gasteiger partial charge on any atom is 0.160 e. The molecule has 1 heterocycles. The van der Waals surface area contributed by atoms with Crippen molar-refractivity contribution in [2.24, 2.45) is 5.10 Å². The topological polar surface area (TPSA) is 55.7 Å². The van der Waals surface area contributed by atoms with Crippen molar-refractivity contribution in [2.45, 2.75) is 13.3 Å². The number of rotatable bonds is 6. The molecule has 0 radical (unpaired) electrons. The van der Waals surface area contributed by atoms with Gasteiger partial charge in [-0.25, -0.2) is 0 Å². The second-order valence-electron chi connectivity index (χ2n) is 5.84. The SMILES string of the molecule is COc1ccc(C/C(C)=N\Nc2ccnc3cc(Cl)ccc23)cc1OC. The number of hydrazone groups is 1. The molecule has 26 heavy (non-hydrogen) atoms. The highest BCUT2D eigenvalue weighted by Crippen LogP contribution is 2.28. The van der Waals surface area contributed by atoms with Gasteiger partial charge in [0.25, 0.3) is 0 Å². The first-order valence-corrected chi connectivity index (χ1v) is 8.53. The number of aromatic nitrogens is 1. The predicted octanol–water partition coefficient (Wildman–Crippen LogP) is 4.94. The van der Waals surface area contributed by atoms with E-state index < -0.39 is 0 Å². The normalized spacial score (nSPS) is 11.5. The second kappa shape index (κ2) is 8.06. The first kappa shape index (κ1) is 18.0. The third-order valence-corrected chi connectivity index (χ3v) is 4.21. The summed E-state index contributed by atoms with van der Waals surface area (Å²) in [6.45, 7) is 1.98. The van der Waals surface area contributed by atoms with Gasteiger partial charge in [0, 0.05) is 28.7 Å². The van der Waals surface area contributed by atoms with Crippen molar-refractivity contribution in [1.29, 1.82) is 0 Å². The van der Waals surface area contributed by atoms with Gasteiger partial charge in [-0.2, -0.15) is 5.10 Å². The van der Waals surface area contributed by atoms with Crippen LogP contribution in [0.4, 0.5) is 5.69 Å². The van der Waals surface area contributed by atoms with Crippen molar-refractivity contribution in [3.05, 3.63) is 59.2 Å². The molecule has 0 saturated carbocycles. The molecule has 6 heteroatoms. The Bertz CT molecular complexity index is 957. The summed E-state index contributed by atoms with van der Waals surface area (Å²) in [6.07, 6.45) is 2.43. The van der Waals surface area contributed by atoms with E-state index in [1.54, 1.807) is 20.4 Å². The van der Waals surface area contributed by atoms with Crippen molar-refractivity contribution in [2.75, 3.05) is 19.6 Å². The maximum atomic E-state index is 6.03. The number of benzene rings is 2. The zero-order valence-electron chi connectivity index (χ0n) is 14.9. The Morgan fingerprint density at radius 1 is 1.08 bits per heavy atom. The Balaban J connectivity index is 1.77. The highest BCUT2D eigenvalue weighted by atomic mass is 35.5. The molecule has 0 amide bonds. The number of fused-ring (bicyclic) bond motifs is 1. The average Bonchev–Trinajstić information content (AvgIpc) is 2.65. The molecule has 3 aromatic rings. The van der Waals surface area contributed by atoms with Crippen molar-refractivity contribution in [1.82, 2.24) is 4.98 Å². The highest BCUT2D eigenvalue weighted by Gasteiger charge is 2.06. The molecule has 1 aromatic heterocycles. The lowest BCUT2D eigenvalue weighted by molar-refractivity contribution is 0.354. The van der Waals surface area contributed by atoms with Crippen LogP contribution < -0.4 is 14.9 Å². The molecule has 0 unspecified atom stereocenters. The molecule has 0 saturated heterocycles. The van der Waals surface area contributed by atoms with Crippen LogP contribution in [-0.4, -0.2) is 24.9 Å². The fourth-order valence-corrected chi connectivity index (χ4v) is 2.87. The number of nitrogens with one attached hydrogen (secondary N) is 1. The van der Waals surface area contributed by atoms with Crippen LogP contribution in [0.3, 0.4) is 0 Å². The molecule has 0 aliphatic rings. The molecular weight excluding hydrogens is 350 g/mol. The standard InChI is InChI=1S/C20H20ClN3O2/c1-13(10-14-4-7-19(25-2)20(11-14)26-3)23-24-17-8-9-22-18-12-15(21)5-6-16(17)18/h4-9,11-12H,10H2,1-3H3,(H,22,24)/b23-13-. The van der Waals surface area contributed by atoms with Gasteiger partial charge in [0.1, 0.15) is 0 Å². The lowest BCUT2D eigenvalue weighted by Crippen LogP contribution is -2.03. The van der Waals surface area contributed by atoms with E-state index in [1.165, 1.54) is 0 Å². The lowest BCUT2D eigenvalue weighted by Gasteiger charge is -2.10. The van der Waals surface area contributed by atoms with E-state index in [0.29, 0.717) is 22.9 Å². The van der Waals surface area contributed by atoms with E-state index in [0.717, 1.165) is 27.9 Å². The molecule has 1 N–H and O–H groups in total. The van der Waals surface area contributed by atoms with Gasteiger partial charge in [0.2, 0.25) is 0 Å². The molecule has 0 aliphatic heterocycles. The number of methoxy groups -OCH3 is 2. The molecule has 0 fully saturated rings. The van der Waals surface area contributed by atoms with Gasteiger partial charge in [-0.3, -0.25) is 10.4 Å². The molecule has 0 atom stereocenters. The first-order valence-electron chi connectivity index (χ1n) is 8.15. The third kappa shape index (κ3) is 4.06. The van der Waals surface area contributed by atoms with E-state index in [4.69, 9.17) is 21.1 Å². The van der Waals surface area contributed by atoms with E-state index in [2.05, 4.69) is 15.5 Å². The minimum Gasteiger partial charge on any atom is -0.493 e. The molecule has 134 valence electrons. The third-order valence-electron chi connectivity index (χ3n) is 3.98. The zero-order chi connectivity index (χ0) is 18.5. The molecule has 0 bridgehead atoms. The fraction of sp³-hybridized carbons (Fsp3) is 0.200. The molecule has 0 aliphatic carbocycles. The summed E-state index contributed by atoms with van der Waals surface area (Å²) in [6, 6.07) is 13.4. The molecule has 3 rings (SSSR count). The molecule has 5 nitrogen and oxygen atoms in total. The summed E-state index contributed by atoms with van der Waals surface area (Å²) in [5.41, 5.74) is 6.88. The lowest BCUT2D eigenvalue weighted by atomic mass is 10.1. The molecule has 0 spiro atoms. The Labute approximate surface area is 157 Å². The minimum absolute atomic E-state index is 0.662. The summed E-state index contributed by atoms with van der Waals surface area (Å²) < 4.78 is 10.6. The Hall–Kier alpha value is -2.79. The number of hydrogen-bond donors (Lipinski definition) is 1. The number of anilines is 1. The van der Waals surface area contributed by atoms with E-state index in [1.807, 2.05) is 49.4 Å². The van der Waals surface area contributed by atoms with Crippen LogP contribution in [0, 0.1) is 0 Å². The van der Waals surface area contributed by atoms with Crippen molar-refractivity contribution in [3.8, 4) is 11.5 Å². The summed E-state index contributed by atoms with van der Waals surface area (Å²) in [5, 5.41) is 6.13. The Morgan fingerprint density at radius 2 is 1.88 bits per heavy atom. The zero-order valence-corrected chi connectivity index (χ0v) is 15.7. The van der Waals surface area contributed by atoms with E-state index in [9.17, 15) is 0 Å². The van der Waals surface area contributed by atoms with Gasteiger partial charge >= 0.3 is 0 Å². The summed E-state index contributed by atoms with van der Waals surface area (Å²) in [4.78, 5) is 4.33. The fourth-order valence-electron chi connectivity index (χ4n) is 2.70. The van der Waals surface area contributed by atoms with Crippen LogP contribution in [0.5, 0.6) is 11.5 Å². The average molecular weight is 370 g/mol. The summed E-state index contributed by atoms with van der Waals surface area (Å²) >= 11 is 6.03. The van der Waals surface area contributed by atoms with Crippen LogP contribution >= 0.6 is 11.6 Å². The monoisotopic (exact) mass is 369 g/mol. The second-order valence-corrected chi connectivity index (χ2v) is 6.28. The van der Waals surface area contributed by atoms with Gasteiger partial charge in [-0.05, 0) is 48.9 Å². The van der Waals surface area contributed by atoms with Crippen LogP contribution in [0.1, 0.15) is 12.5 Å². The van der Waals surface area contributed by atoms with Crippen LogP contribution in [-0.2, 0) is 6.42 Å². The largest absolute Gasteiger partial charge is 0.493 e. The van der Waals surface area contributed by atoms with E-state index in [-0.39, 0.29) is 0 Å². The van der Waals surface area contributed by atoms with Crippen LogP contribution in [0.15, 0.2) is 53.8 Å². The Kier molecular flexibility index (Phi) is 5.58. The molecule has 2 aromatic carbocycles. The van der Waals surface area contributed by atoms with Gasteiger partial charge < -0.3 is 9.47 Å². The van der Waals surface area contributed by atoms with Gasteiger partial charge in [-0.1, -0.05) is 17.7 Å². The Morgan fingerprint density at radius 3 is 2.65 bits per heavy atom. The molecular formula is C20H20ClN3O2. The number of pyridine rings is 1. The van der Waals surface area contributed by atoms with Gasteiger partial charge in [0.15, 0.2) is 11.5 Å². The summed E-state index contributed by atoms with van der Waals surface area (Å²) in [5.74, 6) is 1.42. The highest BCUT2D eigenvalue weighted by molar-refractivity contribution is 6.31. The van der Waals surface area contributed by atoms with Crippen LogP contribution in [0.25, 0.3) is 10.9 Å². The maximum absolute atomic E-state index is 6.03. The van der Waals surface area contributed by atoms with Crippen molar-refractivity contribution < 1.29 is 9.47 Å². The minimum atomic E-state index is 0.662. The van der Waals surface area contributed by atoms with Gasteiger partial charge in [0.05, 0.1) is 25.4 Å². The smallest absolute Gasteiger partial charge is 0.160 e. The number of ether oxygens (including phenoxy) is 2. The van der Waals surface area contributed by atoms with Crippen molar-refractivity contribution in [3.63, 3.8) is 0 Å². The predicted molar refractivity (Wildman–Crippen MR) is 107 cm³/mol. The van der Waals surface area contributed by atoms with Crippen LogP contribution in [0.2, 0.25) is 5.02 Å². The number of nitrogens with zero attached hydrogens (tertiary/aromatic N) is 2. The van der Waals surface area contributed by atoms with Crippen molar-refractivity contribution >= 4 is 33.9 Å². The van der Waals surface area contributed by atoms with Gasteiger partial charge in [-0.15, -0.1) is 0 Å². The first-order chi connectivity index (χ1) is 12.6. The quantitative estimate of drug-likeness (QED) is 0.494. The number of hydrogen-bond acceptors (Lipinski definition) is 5. The summed E-state index contributed by atoms with van der Waals surface area (Å²) in [7, 11) is 3.26. The number of halogens is 1.